The molecule has 8 heteroatoms. The molecule has 0 rings (SSSR count). The lowest BCUT2D eigenvalue weighted by Gasteiger charge is -2.15. The first-order valence-corrected chi connectivity index (χ1v) is 7.43. The molecule has 0 heterocycles. The van der Waals surface area contributed by atoms with Crippen LogP contribution in [0.2, 0.25) is 0 Å². The topological polar surface area (TPSA) is 89.5 Å². The van der Waals surface area contributed by atoms with Gasteiger partial charge in [0, 0.05) is 6.42 Å². The SMILES string of the molecule is CCCCCC(OOC(=O)OC(C)C)OOC(=O)OC(C)C. The Labute approximate surface area is 130 Å². The lowest BCUT2D eigenvalue weighted by atomic mass is 10.2. The molecule has 130 valence electrons. The van der Waals surface area contributed by atoms with Gasteiger partial charge in [-0.05, 0) is 34.1 Å². The number of hydrogen-bond donors (Lipinski definition) is 0. The van der Waals surface area contributed by atoms with E-state index >= 15 is 0 Å². The minimum absolute atomic E-state index is 0.340. The highest BCUT2D eigenvalue weighted by Gasteiger charge is 2.19. The summed E-state index contributed by atoms with van der Waals surface area (Å²) in [4.78, 5) is 40.9. The van der Waals surface area contributed by atoms with Gasteiger partial charge in [-0.2, -0.15) is 0 Å². The van der Waals surface area contributed by atoms with Crippen molar-refractivity contribution in [3.63, 3.8) is 0 Å². The minimum Gasteiger partial charge on any atom is -0.430 e. The van der Waals surface area contributed by atoms with E-state index in [1.54, 1.807) is 27.7 Å². The van der Waals surface area contributed by atoms with Gasteiger partial charge in [0.05, 0.1) is 12.2 Å². The van der Waals surface area contributed by atoms with Gasteiger partial charge in [-0.1, -0.05) is 19.8 Å². The Bertz CT molecular complexity index is 290. The second kappa shape index (κ2) is 12.0. The van der Waals surface area contributed by atoms with Gasteiger partial charge >= 0.3 is 12.3 Å². The van der Waals surface area contributed by atoms with Crippen LogP contribution in [0, 0.1) is 0 Å². The van der Waals surface area contributed by atoms with E-state index in [2.05, 4.69) is 9.78 Å². The summed E-state index contributed by atoms with van der Waals surface area (Å²) in [6.45, 7) is 8.70. The second-order valence-corrected chi connectivity index (χ2v) is 5.12. The highest BCUT2D eigenvalue weighted by molar-refractivity contribution is 5.59. The standard InChI is InChI=1S/C14H26O8/c1-6-7-8-9-12(19-21-13(15)17-10(2)3)20-22-14(16)18-11(4)5/h10-12H,6-9H2,1-5H3. The van der Waals surface area contributed by atoms with Gasteiger partial charge < -0.3 is 9.47 Å². The number of carbonyl (C=O) groups is 2. The highest BCUT2D eigenvalue weighted by Crippen LogP contribution is 2.11. The average molecular weight is 322 g/mol. The number of ether oxygens (including phenoxy) is 2. The first kappa shape index (κ1) is 20.5. The van der Waals surface area contributed by atoms with Crippen LogP contribution in [-0.4, -0.2) is 30.8 Å². The van der Waals surface area contributed by atoms with Crippen LogP contribution in [0.5, 0.6) is 0 Å². The van der Waals surface area contributed by atoms with E-state index in [0.29, 0.717) is 6.42 Å². The first-order chi connectivity index (χ1) is 10.3. The molecule has 0 aliphatic rings. The van der Waals surface area contributed by atoms with Crippen LogP contribution >= 0.6 is 0 Å². The van der Waals surface area contributed by atoms with Crippen molar-refractivity contribution in [2.75, 3.05) is 0 Å². The van der Waals surface area contributed by atoms with Crippen LogP contribution < -0.4 is 0 Å². The van der Waals surface area contributed by atoms with Crippen molar-refractivity contribution < 1.29 is 38.6 Å². The molecule has 0 N–H and O–H groups in total. The van der Waals surface area contributed by atoms with Crippen molar-refractivity contribution in [2.45, 2.75) is 78.8 Å². The molecule has 0 saturated carbocycles. The first-order valence-electron chi connectivity index (χ1n) is 7.43. The maximum atomic E-state index is 11.2. The number of unbranched alkanes of at least 4 members (excludes halogenated alkanes) is 2. The molecule has 0 aliphatic carbocycles. The van der Waals surface area contributed by atoms with E-state index in [-0.39, 0.29) is 12.2 Å². The third-order valence-electron chi connectivity index (χ3n) is 2.15. The van der Waals surface area contributed by atoms with E-state index in [0.717, 1.165) is 19.3 Å². The van der Waals surface area contributed by atoms with E-state index in [9.17, 15) is 9.59 Å². The zero-order chi connectivity index (χ0) is 17.0. The molecule has 22 heavy (non-hydrogen) atoms. The van der Waals surface area contributed by atoms with Crippen LogP contribution in [0.25, 0.3) is 0 Å². The quantitative estimate of drug-likeness (QED) is 0.197. The second-order valence-electron chi connectivity index (χ2n) is 5.12. The lowest BCUT2D eigenvalue weighted by molar-refractivity contribution is -0.430. The van der Waals surface area contributed by atoms with E-state index < -0.39 is 18.6 Å². The van der Waals surface area contributed by atoms with Gasteiger partial charge in [0.15, 0.2) is 0 Å². The van der Waals surface area contributed by atoms with E-state index in [1.165, 1.54) is 0 Å². The number of hydrogen-bond acceptors (Lipinski definition) is 8. The third kappa shape index (κ3) is 12.2. The predicted molar refractivity (Wildman–Crippen MR) is 75.5 cm³/mol. The summed E-state index contributed by atoms with van der Waals surface area (Å²) in [5, 5.41) is 0. The van der Waals surface area contributed by atoms with Crippen molar-refractivity contribution in [3.05, 3.63) is 0 Å². The molecule has 0 atom stereocenters. The molecule has 0 fully saturated rings. The molecule has 0 aliphatic heterocycles. The molecule has 0 spiro atoms. The van der Waals surface area contributed by atoms with Crippen LogP contribution in [0.3, 0.4) is 0 Å². The summed E-state index contributed by atoms with van der Waals surface area (Å²) in [5.41, 5.74) is 0. The van der Waals surface area contributed by atoms with Gasteiger partial charge in [0.1, 0.15) is 0 Å². The fourth-order valence-electron chi connectivity index (χ4n) is 1.28. The van der Waals surface area contributed by atoms with Gasteiger partial charge in [-0.3, -0.25) is 9.78 Å². The smallest absolute Gasteiger partial charge is 0.430 e. The Kier molecular flexibility index (Phi) is 11.2. The van der Waals surface area contributed by atoms with Crippen molar-refractivity contribution in [1.29, 1.82) is 0 Å². The number of rotatable bonds is 10. The van der Waals surface area contributed by atoms with Crippen LogP contribution in [0.1, 0.15) is 60.3 Å². The largest absolute Gasteiger partial charge is 0.540 e. The predicted octanol–water partition coefficient (Wildman–Crippen LogP) is 3.88. The lowest BCUT2D eigenvalue weighted by Crippen LogP contribution is -2.24. The molecular formula is C14H26O8. The summed E-state index contributed by atoms with van der Waals surface area (Å²) in [5.74, 6) is 0. The Balaban J connectivity index is 4.18. The zero-order valence-corrected chi connectivity index (χ0v) is 13.8. The Morgan fingerprint density at radius 2 is 1.27 bits per heavy atom. The summed E-state index contributed by atoms with van der Waals surface area (Å²) in [6.07, 6.45) is -0.696. The molecule has 0 aromatic heterocycles. The fourth-order valence-corrected chi connectivity index (χ4v) is 1.28. The average Bonchev–Trinajstić information content (AvgIpc) is 2.39. The van der Waals surface area contributed by atoms with E-state index in [4.69, 9.17) is 19.2 Å². The molecule has 0 unspecified atom stereocenters. The Hall–Kier alpha value is -1.54. The van der Waals surface area contributed by atoms with Gasteiger partial charge in [-0.15, -0.1) is 9.78 Å². The van der Waals surface area contributed by atoms with Gasteiger partial charge in [0.2, 0.25) is 6.29 Å². The molecule has 0 saturated heterocycles. The maximum Gasteiger partial charge on any atom is 0.540 e. The Morgan fingerprint density at radius 1 is 0.818 bits per heavy atom. The van der Waals surface area contributed by atoms with Crippen molar-refractivity contribution in [2.24, 2.45) is 0 Å². The van der Waals surface area contributed by atoms with Crippen LogP contribution in [0.15, 0.2) is 0 Å². The molecule has 8 nitrogen and oxygen atoms in total. The molecule has 0 bridgehead atoms. The summed E-state index contributed by atoms with van der Waals surface area (Å²) in [7, 11) is 0. The third-order valence-corrected chi connectivity index (χ3v) is 2.15. The minimum atomic E-state index is -1.05. The normalized spacial score (nSPS) is 10.9. The van der Waals surface area contributed by atoms with Crippen LogP contribution in [-0.2, 0) is 29.0 Å². The zero-order valence-electron chi connectivity index (χ0n) is 13.8. The van der Waals surface area contributed by atoms with Crippen molar-refractivity contribution >= 4 is 12.3 Å². The number of carbonyl (C=O) groups excluding carboxylic acids is 2. The molecule has 0 aromatic carbocycles. The summed E-state index contributed by atoms with van der Waals surface area (Å²) < 4.78 is 9.46. The summed E-state index contributed by atoms with van der Waals surface area (Å²) in [6, 6.07) is 0. The maximum absolute atomic E-state index is 11.2. The van der Waals surface area contributed by atoms with Gasteiger partial charge in [-0.25, -0.2) is 9.59 Å². The molecule has 0 radical (unpaired) electrons. The molecule has 0 amide bonds. The highest BCUT2D eigenvalue weighted by atomic mass is 17.3. The summed E-state index contributed by atoms with van der Waals surface area (Å²) >= 11 is 0. The van der Waals surface area contributed by atoms with Crippen molar-refractivity contribution in [3.8, 4) is 0 Å². The Morgan fingerprint density at radius 3 is 1.64 bits per heavy atom. The van der Waals surface area contributed by atoms with Gasteiger partial charge in [0.25, 0.3) is 0 Å². The van der Waals surface area contributed by atoms with E-state index in [1.807, 2.05) is 6.92 Å². The van der Waals surface area contributed by atoms with Crippen LogP contribution in [0.4, 0.5) is 9.59 Å². The molecule has 0 aromatic rings. The fraction of sp³-hybridized carbons (Fsp3) is 0.857. The van der Waals surface area contributed by atoms with Crippen molar-refractivity contribution in [1.82, 2.24) is 0 Å². The molecular weight excluding hydrogens is 296 g/mol. The monoisotopic (exact) mass is 322 g/mol.